The van der Waals surface area contributed by atoms with E-state index in [-0.39, 0.29) is 12.0 Å². The first kappa shape index (κ1) is 10.0. The van der Waals surface area contributed by atoms with Crippen molar-refractivity contribution in [2.75, 3.05) is 0 Å². The third-order valence-electron chi connectivity index (χ3n) is 1.64. The first-order valence-corrected chi connectivity index (χ1v) is 3.81. The maximum atomic E-state index is 12.8. The molecule has 72 valence electrons. The first-order chi connectivity index (χ1) is 6.09. The van der Waals surface area contributed by atoms with Crippen molar-refractivity contribution in [1.82, 2.24) is 0 Å². The second-order valence-electron chi connectivity index (χ2n) is 2.67. The van der Waals surface area contributed by atoms with Crippen LogP contribution in [0.2, 0.25) is 0 Å². The van der Waals surface area contributed by atoms with Crippen LogP contribution in [-0.4, -0.2) is 6.43 Å². The molecule has 0 nitrogen and oxygen atoms in total. The van der Waals surface area contributed by atoms with Gasteiger partial charge in [0.15, 0.2) is 0 Å². The van der Waals surface area contributed by atoms with E-state index in [1.165, 1.54) is 0 Å². The second-order valence-corrected chi connectivity index (χ2v) is 2.67. The van der Waals surface area contributed by atoms with Gasteiger partial charge in [0.2, 0.25) is 6.43 Å². The molecule has 0 aromatic heterocycles. The maximum Gasteiger partial charge on any atom is 0.239 e. The molecule has 0 unspecified atom stereocenters. The van der Waals surface area contributed by atoms with Crippen LogP contribution in [0.15, 0.2) is 18.2 Å². The summed E-state index contributed by atoms with van der Waals surface area (Å²) in [7, 11) is 0. The molecule has 0 saturated carbocycles. The Morgan fingerprint density at radius 1 is 1.15 bits per heavy atom. The highest BCUT2D eigenvalue weighted by Crippen LogP contribution is 2.13. The lowest BCUT2D eigenvalue weighted by Crippen LogP contribution is -1.97. The van der Waals surface area contributed by atoms with E-state index in [0.717, 1.165) is 18.2 Å². The van der Waals surface area contributed by atoms with E-state index in [1.807, 2.05) is 0 Å². The number of hydrogen-bond acceptors (Lipinski definition) is 0. The zero-order valence-electron chi connectivity index (χ0n) is 6.74. The summed E-state index contributed by atoms with van der Waals surface area (Å²) in [6.07, 6.45) is -3.07. The molecule has 0 N–H and O–H groups in total. The predicted molar refractivity (Wildman–Crippen MR) is 40.7 cm³/mol. The molecule has 0 fully saturated rings. The van der Waals surface area contributed by atoms with Crippen LogP contribution in [0.5, 0.6) is 0 Å². The monoisotopic (exact) mass is 192 g/mol. The highest BCUT2D eigenvalue weighted by Gasteiger charge is 2.07. The number of hydrogen-bond donors (Lipinski definition) is 0. The minimum absolute atomic E-state index is 0.000278. The lowest BCUT2D eigenvalue weighted by molar-refractivity contribution is 0.137. The Labute approximate surface area is 73.2 Å². The maximum absolute atomic E-state index is 12.8. The highest BCUT2D eigenvalue weighted by molar-refractivity contribution is 5.18. The van der Waals surface area contributed by atoms with E-state index in [2.05, 4.69) is 0 Å². The van der Waals surface area contributed by atoms with E-state index in [4.69, 9.17) is 0 Å². The molecule has 0 saturated heterocycles. The Bertz CT molecular complexity index is 283. The summed E-state index contributed by atoms with van der Waals surface area (Å²) in [6.45, 7) is 0. The molecule has 13 heavy (non-hydrogen) atoms. The molecule has 0 aliphatic rings. The Hall–Kier alpha value is -1.06. The number of benzene rings is 1. The lowest BCUT2D eigenvalue weighted by Gasteiger charge is -2.02. The minimum Gasteiger partial charge on any atom is -0.211 e. The van der Waals surface area contributed by atoms with Crippen LogP contribution in [0, 0.1) is 11.6 Å². The quantitative estimate of drug-likeness (QED) is 0.645. The van der Waals surface area contributed by atoms with Gasteiger partial charge in [-0.15, -0.1) is 0 Å². The minimum atomic E-state index is -2.48. The van der Waals surface area contributed by atoms with Gasteiger partial charge < -0.3 is 0 Å². The molecule has 0 spiro atoms. The largest absolute Gasteiger partial charge is 0.239 e. The Morgan fingerprint density at radius 3 is 2.46 bits per heavy atom. The van der Waals surface area contributed by atoms with Crippen molar-refractivity contribution in [3.63, 3.8) is 0 Å². The fraction of sp³-hybridized carbons (Fsp3) is 0.333. The van der Waals surface area contributed by atoms with Gasteiger partial charge in [-0.25, -0.2) is 17.6 Å². The van der Waals surface area contributed by atoms with Gasteiger partial charge in [-0.1, -0.05) is 0 Å². The van der Waals surface area contributed by atoms with Crippen molar-refractivity contribution in [2.45, 2.75) is 19.3 Å². The molecular formula is C9H8F4. The molecule has 0 amide bonds. The van der Waals surface area contributed by atoms with Gasteiger partial charge in [-0.3, -0.25) is 0 Å². The number of rotatable bonds is 3. The topological polar surface area (TPSA) is 0 Å². The van der Waals surface area contributed by atoms with Gasteiger partial charge >= 0.3 is 0 Å². The summed E-state index contributed by atoms with van der Waals surface area (Å²) in [6, 6.07) is 2.84. The van der Waals surface area contributed by atoms with Crippen LogP contribution in [0.25, 0.3) is 0 Å². The fourth-order valence-corrected chi connectivity index (χ4v) is 1.000. The predicted octanol–water partition coefficient (Wildman–Crippen LogP) is 3.16. The molecule has 0 aliphatic heterocycles. The summed E-state index contributed by atoms with van der Waals surface area (Å²) in [4.78, 5) is 0. The van der Waals surface area contributed by atoms with Gasteiger partial charge in [0.25, 0.3) is 0 Å². The third kappa shape index (κ3) is 3.05. The number of aryl methyl sites for hydroxylation is 1. The van der Waals surface area contributed by atoms with Crippen molar-refractivity contribution in [1.29, 1.82) is 0 Å². The molecule has 1 rings (SSSR count). The van der Waals surface area contributed by atoms with E-state index < -0.39 is 24.5 Å². The molecule has 0 atom stereocenters. The van der Waals surface area contributed by atoms with Crippen LogP contribution < -0.4 is 0 Å². The van der Waals surface area contributed by atoms with Gasteiger partial charge in [-0.05, 0) is 30.2 Å². The summed E-state index contributed by atoms with van der Waals surface area (Å²) in [5, 5.41) is 0. The van der Waals surface area contributed by atoms with Crippen molar-refractivity contribution in [3.8, 4) is 0 Å². The van der Waals surface area contributed by atoms with Crippen molar-refractivity contribution >= 4 is 0 Å². The smallest absolute Gasteiger partial charge is 0.211 e. The van der Waals surface area contributed by atoms with Crippen molar-refractivity contribution in [3.05, 3.63) is 35.4 Å². The summed E-state index contributed by atoms with van der Waals surface area (Å²) in [5.74, 6) is -1.24. The van der Waals surface area contributed by atoms with Gasteiger partial charge in [-0.2, -0.15) is 0 Å². The average molecular weight is 192 g/mol. The second kappa shape index (κ2) is 4.25. The van der Waals surface area contributed by atoms with Crippen LogP contribution in [-0.2, 0) is 6.42 Å². The zero-order chi connectivity index (χ0) is 9.84. The fourth-order valence-electron chi connectivity index (χ4n) is 1.000. The summed E-state index contributed by atoms with van der Waals surface area (Å²) in [5.41, 5.74) is 0.000278. The Morgan fingerprint density at radius 2 is 1.85 bits per heavy atom. The van der Waals surface area contributed by atoms with Crippen LogP contribution >= 0.6 is 0 Å². The number of halogens is 4. The molecule has 1 aromatic carbocycles. The van der Waals surface area contributed by atoms with Crippen molar-refractivity contribution < 1.29 is 17.6 Å². The molecule has 0 aliphatic carbocycles. The van der Waals surface area contributed by atoms with E-state index in [9.17, 15) is 17.6 Å². The molecule has 0 radical (unpaired) electrons. The summed E-state index contributed by atoms with van der Waals surface area (Å²) < 4.78 is 48.8. The highest BCUT2D eigenvalue weighted by atomic mass is 19.3. The molecule has 1 aromatic rings. The first-order valence-electron chi connectivity index (χ1n) is 3.81. The van der Waals surface area contributed by atoms with Crippen LogP contribution in [0.3, 0.4) is 0 Å². The van der Waals surface area contributed by atoms with Crippen LogP contribution in [0.4, 0.5) is 17.6 Å². The van der Waals surface area contributed by atoms with Gasteiger partial charge in [0.05, 0.1) is 0 Å². The van der Waals surface area contributed by atoms with Crippen molar-refractivity contribution in [2.24, 2.45) is 0 Å². The van der Waals surface area contributed by atoms with Gasteiger partial charge in [0.1, 0.15) is 11.6 Å². The third-order valence-corrected chi connectivity index (χ3v) is 1.64. The Kier molecular flexibility index (Phi) is 3.28. The normalized spacial score (nSPS) is 10.8. The summed E-state index contributed by atoms with van der Waals surface area (Å²) >= 11 is 0. The molecular weight excluding hydrogens is 184 g/mol. The van der Waals surface area contributed by atoms with Gasteiger partial charge in [0, 0.05) is 6.42 Å². The molecule has 0 heterocycles. The van der Waals surface area contributed by atoms with E-state index in [1.54, 1.807) is 0 Å². The van der Waals surface area contributed by atoms with E-state index in [0.29, 0.717) is 0 Å². The lowest BCUT2D eigenvalue weighted by atomic mass is 10.1. The molecule has 4 heteroatoms. The molecule has 0 bridgehead atoms. The Balaban J connectivity index is 2.70. The van der Waals surface area contributed by atoms with E-state index >= 15 is 0 Å². The SMILES string of the molecule is Fc1ccc(F)c(CCC(F)F)c1. The zero-order valence-corrected chi connectivity index (χ0v) is 6.74. The average Bonchev–Trinajstić information content (AvgIpc) is 2.06. The van der Waals surface area contributed by atoms with Crippen LogP contribution in [0.1, 0.15) is 12.0 Å². The standard InChI is InChI=1S/C9H8F4/c10-7-2-3-8(11)6(5-7)1-4-9(12)13/h2-3,5,9H,1,4H2. The number of alkyl halides is 2.